The lowest BCUT2D eigenvalue weighted by atomic mass is 10.1. The third-order valence-corrected chi connectivity index (χ3v) is 4.08. The zero-order valence-corrected chi connectivity index (χ0v) is 11.8. The average Bonchev–Trinajstić information content (AvgIpc) is 2.76. The van der Waals surface area contributed by atoms with Gasteiger partial charge in [0.2, 0.25) is 0 Å². The van der Waals surface area contributed by atoms with Gasteiger partial charge < -0.3 is 5.32 Å². The fourth-order valence-corrected chi connectivity index (χ4v) is 2.74. The smallest absolute Gasteiger partial charge is 0.129 e. The molecule has 2 atom stereocenters. The molecule has 1 aromatic carbocycles. The molecule has 1 aromatic rings. The Morgan fingerprint density at radius 3 is 2.88 bits per heavy atom. The number of rotatable bonds is 3. The van der Waals surface area contributed by atoms with Gasteiger partial charge >= 0.3 is 0 Å². The average molecular weight is 301 g/mol. The number of halogens is 2. The van der Waals surface area contributed by atoms with Crippen LogP contribution in [0.5, 0.6) is 0 Å². The molecule has 0 bridgehead atoms. The minimum atomic E-state index is -0.125. The second kappa shape index (κ2) is 5.46. The Labute approximate surface area is 110 Å². The predicted octanol–water partition coefficient (Wildman–Crippen LogP) is 2.94. The summed E-state index contributed by atoms with van der Waals surface area (Å²) >= 11 is 3.29. The number of nitrogens with one attached hydrogen (secondary N) is 1. The number of likely N-dealkylation sites (tertiary alicyclic amines) is 1. The van der Waals surface area contributed by atoms with E-state index in [4.69, 9.17) is 0 Å². The van der Waals surface area contributed by atoms with E-state index in [1.165, 1.54) is 6.07 Å². The van der Waals surface area contributed by atoms with Gasteiger partial charge in [0.1, 0.15) is 5.82 Å². The van der Waals surface area contributed by atoms with Crippen LogP contribution >= 0.6 is 15.9 Å². The van der Waals surface area contributed by atoms with Gasteiger partial charge in [-0.2, -0.15) is 0 Å². The van der Waals surface area contributed by atoms with Gasteiger partial charge in [0.25, 0.3) is 0 Å². The van der Waals surface area contributed by atoms with E-state index in [9.17, 15) is 4.39 Å². The Morgan fingerprint density at radius 2 is 2.29 bits per heavy atom. The lowest BCUT2D eigenvalue weighted by molar-refractivity contribution is 0.251. The van der Waals surface area contributed by atoms with E-state index in [0.29, 0.717) is 6.04 Å². The van der Waals surface area contributed by atoms with E-state index in [1.54, 1.807) is 0 Å². The summed E-state index contributed by atoms with van der Waals surface area (Å²) in [6.45, 7) is 4.10. The Hall–Kier alpha value is -0.450. The van der Waals surface area contributed by atoms with E-state index in [0.717, 1.165) is 29.5 Å². The molecule has 0 aromatic heterocycles. The first-order chi connectivity index (χ1) is 8.11. The van der Waals surface area contributed by atoms with Gasteiger partial charge in [0.15, 0.2) is 0 Å². The van der Waals surface area contributed by atoms with Crippen LogP contribution in [0, 0.1) is 5.82 Å². The molecule has 0 saturated carbocycles. The van der Waals surface area contributed by atoms with Crippen molar-refractivity contribution >= 4 is 15.9 Å². The molecule has 1 fully saturated rings. The highest BCUT2D eigenvalue weighted by Gasteiger charge is 2.26. The van der Waals surface area contributed by atoms with E-state index in [1.807, 2.05) is 19.2 Å². The van der Waals surface area contributed by atoms with Crippen molar-refractivity contribution in [3.8, 4) is 0 Å². The first-order valence-electron chi connectivity index (χ1n) is 5.98. The van der Waals surface area contributed by atoms with Crippen LogP contribution in [0.25, 0.3) is 0 Å². The molecular weight excluding hydrogens is 283 g/mol. The minimum absolute atomic E-state index is 0.125. The van der Waals surface area contributed by atoms with Crippen molar-refractivity contribution in [2.75, 3.05) is 20.1 Å². The van der Waals surface area contributed by atoms with E-state index >= 15 is 0 Å². The Kier molecular flexibility index (Phi) is 4.17. The maximum atomic E-state index is 13.9. The van der Waals surface area contributed by atoms with Crippen LogP contribution in [0.1, 0.15) is 24.9 Å². The number of hydrogen-bond acceptors (Lipinski definition) is 2. The normalized spacial score (nSPS) is 22.9. The van der Waals surface area contributed by atoms with E-state index < -0.39 is 0 Å². The fraction of sp³-hybridized carbons (Fsp3) is 0.538. The molecule has 0 spiro atoms. The maximum absolute atomic E-state index is 13.9. The molecular formula is C13H18BrFN2. The Morgan fingerprint density at radius 1 is 1.53 bits per heavy atom. The predicted molar refractivity (Wildman–Crippen MR) is 71.6 cm³/mol. The summed E-state index contributed by atoms with van der Waals surface area (Å²) in [6.07, 6.45) is 1.14. The van der Waals surface area contributed by atoms with Crippen molar-refractivity contribution in [1.29, 1.82) is 0 Å². The zero-order chi connectivity index (χ0) is 12.4. The minimum Gasteiger partial charge on any atom is -0.316 e. The van der Waals surface area contributed by atoms with Crippen LogP contribution in [0.4, 0.5) is 4.39 Å². The lowest BCUT2D eigenvalue weighted by Crippen LogP contribution is -2.31. The number of hydrogen-bond donors (Lipinski definition) is 1. The van der Waals surface area contributed by atoms with Gasteiger partial charge in [-0.3, -0.25) is 4.90 Å². The van der Waals surface area contributed by atoms with E-state index in [-0.39, 0.29) is 11.9 Å². The van der Waals surface area contributed by atoms with Crippen LogP contribution in [0.3, 0.4) is 0 Å². The maximum Gasteiger partial charge on any atom is 0.129 e. The summed E-state index contributed by atoms with van der Waals surface area (Å²) in [6, 6.07) is 5.99. The van der Waals surface area contributed by atoms with Gasteiger partial charge in [-0.25, -0.2) is 4.39 Å². The third-order valence-electron chi connectivity index (χ3n) is 3.59. The van der Waals surface area contributed by atoms with Gasteiger partial charge in [0.05, 0.1) is 0 Å². The molecule has 1 aliphatic rings. The second-order valence-corrected chi connectivity index (χ2v) is 5.53. The highest BCUT2D eigenvalue weighted by Crippen LogP contribution is 2.28. The Balaban J connectivity index is 2.12. The molecule has 94 valence electrons. The quantitative estimate of drug-likeness (QED) is 0.923. The molecule has 2 unspecified atom stereocenters. The SMILES string of the molecule is CNC1CCN(C(C)c2ccc(Br)cc2F)C1. The lowest BCUT2D eigenvalue weighted by Gasteiger charge is -2.25. The molecule has 17 heavy (non-hydrogen) atoms. The summed E-state index contributed by atoms with van der Waals surface area (Å²) < 4.78 is 14.7. The first kappa shape index (κ1) is 13.0. The molecule has 2 rings (SSSR count). The van der Waals surface area contributed by atoms with E-state index in [2.05, 4.69) is 33.1 Å². The molecule has 0 radical (unpaired) electrons. The summed E-state index contributed by atoms with van der Waals surface area (Å²) in [5, 5.41) is 3.28. The number of likely N-dealkylation sites (N-methyl/N-ethyl adjacent to an activating group) is 1. The van der Waals surface area contributed by atoms with Gasteiger partial charge in [0, 0.05) is 35.2 Å². The monoisotopic (exact) mass is 300 g/mol. The molecule has 1 saturated heterocycles. The third kappa shape index (κ3) is 2.87. The number of nitrogens with zero attached hydrogens (tertiary/aromatic N) is 1. The highest BCUT2D eigenvalue weighted by molar-refractivity contribution is 9.10. The summed E-state index contributed by atoms with van der Waals surface area (Å²) in [7, 11) is 1.99. The van der Waals surface area contributed by atoms with Crippen LogP contribution in [-0.4, -0.2) is 31.1 Å². The summed E-state index contributed by atoms with van der Waals surface area (Å²) in [5.41, 5.74) is 0.782. The number of benzene rings is 1. The topological polar surface area (TPSA) is 15.3 Å². The summed E-state index contributed by atoms with van der Waals surface area (Å²) in [5.74, 6) is -0.125. The first-order valence-corrected chi connectivity index (χ1v) is 6.77. The molecule has 2 nitrogen and oxygen atoms in total. The van der Waals surface area contributed by atoms with Crippen molar-refractivity contribution in [3.05, 3.63) is 34.1 Å². The van der Waals surface area contributed by atoms with Gasteiger partial charge in [-0.1, -0.05) is 22.0 Å². The summed E-state index contributed by atoms with van der Waals surface area (Å²) in [4.78, 5) is 2.33. The van der Waals surface area contributed by atoms with Gasteiger partial charge in [-0.15, -0.1) is 0 Å². The second-order valence-electron chi connectivity index (χ2n) is 4.61. The molecule has 0 amide bonds. The standard InChI is InChI=1S/C13H18BrFN2/c1-9(17-6-5-11(8-17)16-2)12-4-3-10(14)7-13(12)15/h3-4,7,9,11,16H,5-6,8H2,1-2H3. The molecule has 1 heterocycles. The van der Waals surface area contributed by atoms with Crippen molar-refractivity contribution in [2.45, 2.75) is 25.4 Å². The van der Waals surface area contributed by atoms with Crippen LogP contribution in [0.2, 0.25) is 0 Å². The van der Waals surface area contributed by atoms with Gasteiger partial charge in [-0.05, 0) is 32.5 Å². The highest BCUT2D eigenvalue weighted by atomic mass is 79.9. The molecule has 1 N–H and O–H groups in total. The van der Waals surface area contributed by atoms with Crippen molar-refractivity contribution < 1.29 is 4.39 Å². The largest absolute Gasteiger partial charge is 0.316 e. The van der Waals surface area contributed by atoms with Crippen LogP contribution < -0.4 is 5.32 Å². The Bertz CT molecular complexity index is 397. The van der Waals surface area contributed by atoms with Crippen LogP contribution in [0.15, 0.2) is 22.7 Å². The van der Waals surface area contributed by atoms with Crippen molar-refractivity contribution in [3.63, 3.8) is 0 Å². The fourth-order valence-electron chi connectivity index (χ4n) is 2.41. The zero-order valence-electron chi connectivity index (χ0n) is 10.2. The van der Waals surface area contributed by atoms with Crippen molar-refractivity contribution in [2.24, 2.45) is 0 Å². The molecule has 1 aliphatic heterocycles. The molecule has 0 aliphatic carbocycles. The molecule has 4 heteroatoms. The van der Waals surface area contributed by atoms with Crippen LogP contribution in [-0.2, 0) is 0 Å². The van der Waals surface area contributed by atoms with Crippen molar-refractivity contribution in [1.82, 2.24) is 10.2 Å².